The van der Waals surface area contributed by atoms with Gasteiger partial charge in [0.25, 0.3) is 0 Å². The number of nitrogens with two attached hydrogens (primary N) is 1. The Morgan fingerprint density at radius 1 is 1.12 bits per heavy atom. The van der Waals surface area contributed by atoms with Crippen molar-refractivity contribution in [2.75, 3.05) is 53.2 Å². The number of piperazine rings is 1. The number of anilines is 1. The lowest BCUT2D eigenvalue weighted by molar-refractivity contribution is 0.0594. The Morgan fingerprint density at radius 2 is 1.72 bits per heavy atom. The van der Waals surface area contributed by atoms with Crippen molar-refractivity contribution in [3.8, 4) is 5.75 Å². The van der Waals surface area contributed by atoms with Gasteiger partial charge in [-0.3, -0.25) is 4.90 Å². The van der Waals surface area contributed by atoms with Gasteiger partial charge in [-0.2, -0.15) is 0 Å². The van der Waals surface area contributed by atoms with Gasteiger partial charge in [-0.1, -0.05) is 0 Å². The van der Waals surface area contributed by atoms with Crippen molar-refractivity contribution in [3.05, 3.63) is 45.4 Å². The smallest absolute Gasteiger partial charge is 0.339 e. The standard InChI is InChI=1S/C22H28BrN3O5S/c1-14-18(22(27)31-4)21(32(28,29)16-7-5-15(30-3)6-8-16)17(20(24)19(14)23)13-26-11-9-25(2)10-12-26/h5-8H,9-13,24H2,1-4H3. The van der Waals surface area contributed by atoms with Crippen LogP contribution in [0.2, 0.25) is 0 Å². The maximum atomic E-state index is 13.9. The average molecular weight is 526 g/mol. The minimum Gasteiger partial charge on any atom is -0.497 e. The normalized spacial score (nSPS) is 15.5. The van der Waals surface area contributed by atoms with Gasteiger partial charge < -0.3 is 20.1 Å². The van der Waals surface area contributed by atoms with Crippen molar-refractivity contribution in [1.29, 1.82) is 0 Å². The molecular formula is C22H28BrN3O5S. The van der Waals surface area contributed by atoms with E-state index in [2.05, 4.69) is 25.7 Å². The lowest BCUT2D eigenvalue weighted by atomic mass is 10.0. The molecule has 3 rings (SSSR count). The molecule has 1 saturated heterocycles. The molecule has 0 radical (unpaired) electrons. The molecule has 1 aliphatic heterocycles. The van der Waals surface area contributed by atoms with Crippen LogP contribution in [-0.4, -0.2) is 71.6 Å². The van der Waals surface area contributed by atoms with E-state index in [-0.39, 0.29) is 15.4 Å². The number of carbonyl (C=O) groups is 1. The van der Waals surface area contributed by atoms with Gasteiger partial charge in [0.2, 0.25) is 9.84 Å². The molecule has 0 amide bonds. The van der Waals surface area contributed by atoms with Crippen LogP contribution in [0.1, 0.15) is 21.5 Å². The molecule has 0 bridgehead atoms. The summed E-state index contributed by atoms with van der Waals surface area (Å²) in [4.78, 5) is 17.1. The van der Waals surface area contributed by atoms with Crippen molar-refractivity contribution in [2.24, 2.45) is 0 Å². The van der Waals surface area contributed by atoms with Crippen molar-refractivity contribution in [3.63, 3.8) is 0 Å². The molecular weight excluding hydrogens is 498 g/mol. The fourth-order valence-electron chi connectivity index (χ4n) is 3.79. The van der Waals surface area contributed by atoms with E-state index in [1.54, 1.807) is 19.1 Å². The predicted octanol–water partition coefficient (Wildman–Crippen LogP) is 2.72. The Kier molecular flexibility index (Phi) is 7.49. The highest BCUT2D eigenvalue weighted by molar-refractivity contribution is 9.10. The molecule has 0 aromatic heterocycles. The maximum Gasteiger partial charge on any atom is 0.339 e. The van der Waals surface area contributed by atoms with Gasteiger partial charge in [-0.05, 0) is 59.7 Å². The number of likely N-dealkylation sites (N-methyl/N-ethyl adjacent to an activating group) is 1. The van der Waals surface area contributed by atoms with Crippen molar-refractivity contribution < 1.29 is 22.7 Å². The van der Waals surface area contributed by atoms with E-state index in [0.717, 1.165) is 26.2 Å². The Balaban J connectivity index is 2.25. The molecule has 0 unspecified atom stereocenters. The summed E-state index contributed by atoms with van der Waals surface area (Å²) in [5.41, 5.74) is 7.55. The van der Waals surface area contributed by atoms with E-state index >= 15 is 0 Å². The van der Waals surface area contributed by atoms with E-state index < -0.39 is 15.8 Å². The highest BCUT2D eigenvalue weighted by Gasteiger charge is 2.34. The summed E-state index contributed by atoms with van der Waals surface area (Å²) in [6.07, 6.45) is 0. The Morgan fingerprint density at radius 3 is 2.25 bits per heavy atom. The summed E-state index contributed by atoms with van der Waals surface area (Å²) in [7, 11) is 0.685. The third-order valence-corrected chi connectivity index (χ3v) is 8.68. The second-order valence-electron chi connectivity index (χ2n) is 7.79. The summed E-state index contributed by atoms with van der Waals surface area (Å²) < 4.78 is 38.3. The van der Waals surface area contributed by atoms with Crippen LogP contribution in [0.15, 0.2) is 38.5 Å². The lowest BCUT2D eigenvalue weighted by Crippen LogP contribution is -2.44. The van der Waals surface area contributed by atoms with Crippen LogP contribution in [0.3, 0.4) is 0 Å². The Hall–Kier alpha value is -2.14. The monoisotopic (exact) mass is 525 g/mol. The van der Waals surface area contributed by atoms with Crippen LogP contribution in [0, 0.1) is 6.92 Å². The zero-order chi connectivity index (χ0) is 23.6. The maximum absolute atomic E-state index is 13.9. The molecule has 2 aromatic rings. The number of esters is 1. The van der Waals surface area contributed by atoms with E-state index in [0.29, 0.717) is 33.6 Å². The summed E-state index contributed by atoms with van der Waals surface area (Å²) >= 11 is 3.46. The molecule has 1 heterocycles. The first-order valence-corrected chi connectivity index (χ1v) is 12.4. The number of benzene rings is 2. The van der Waals surface area contributed by atoms with Crippen LogP contribution in [-0.2, 0) is 21.1 Å². The van der Waals surface area contributed by atoms with E-state index in [9.17, 15) is 13.2 Å². The molecule has 0 spiro atoms. The molecule has 32 heavy (non-hydrogen) atoms. The third kappa shape index (κ3) is 4.63. The number of nitrogens with zero attached hydrogens (tertiary/aromatic N) is 2. The van der Waals surface area contributed by atoms with E-state index in [4.69, 9.17) is 15.2 Å². The zero-order valence-corrected chi connectivity index (χ0v) is 21.0. The fourth-order valence-corrected chi connectivity index (χ4v) is 5.96. The van der Waals surface area contributed by atoms with Crippen molar-refractivity contribution in [2.45, 2.75) is 23.3 Å². The molecule has 1 aliphatic rings. The lowest BCUT2D eigenvalue weighted by Gasteiger charge is -2.33. The first-order chi connectivity index (χ1) is 15.1. The molecule has 1 fully saturated rings. The second-order valence-corrected chi connectivity index (χ2v) is 10.5. The van der Waals surface area contributed by atoms with Crippen LogP contribution >= 0.6 is 15.9 Å². The number of rotatable bonds is 6. The SMILES string of the molecule is COC(=O)c1c(C)c(Br)c(N)c(CN2CCN(C)CC2)c1S(=O)(=O)c1ccc(OC)cc1. The number of nitrogen functional groups attached to an aromatic ring is 1. The number of hydrogen-bond donors (Lipinski definition) is 1. The van der Waals surface area contributed by atoms with E-state index in [1.165, 1.54) is 26.4 Å². The first-order valence-electron chi connectivity index (χ1n) is 10.1. The predicted molar refractivity (Wildman–Crippen MR) is 126 cm³/mol. The average Bonchev–Trinajstić information content (AvgIpc) is 2.79. The van der Waals surface area contributed by atoms with Gasteiger partial charge in [0.15, 0.2) is 0 Å². The third-order valence-electron chi connectivity index (χ3n) is 5.77. The van der Waals surface area contributed by atoms with Gasteiger partial charge >= 0.3 is 5.97 Å². The second kappa shape index (κ2) is 9.78. The van der Waals surface area contributed by atoms with Gasteiger partial charge in [0.05, 0.1) is 35.3 Å². The Bertz CT molecular complexity index is 1110. The van der Waals surface area contributed by atoms with Gasteiger partial charge in [0, 0.05) is 42.8 Å². The number of ether oxygens (including phenoxy) is 2. The molecule has 0 aliphatic carbocycles. The number of carbonyl (C=O) groups excluding carboxylic acids is 1. The fraction of sp³-hybridized carbons (Fsp3) is 0.409. The van der Waals surface area contributed by atoms with E-state index in [1.807, 2.05) is 7.05 Å². The van der Waals surface area contributed by atoms with Gasteiger partial charge in [-0.25, -0.2) is 13.2 Å². The minimum atomic E-state index is -4.10. The molecule has 10 heteroatoms. The molecule has 0 atom stereocenters. The number of methoxy groups -OCH3 is 2. The first kappa shape index (κ1) is 24.5. The molecule has 8 nitrogen and oxygen atoms in total. The Labute approximate surface area is 197 Å². The number of sulfone groups is 1. The summed E-state index contributed by atoms with van der Waals surface area (Å²) in [5, 5.41) is 0. The van der Waals surface area contributed by atoms with Gasteiger partial charge in [0.1, 0.15) is 5.75 Å². The molecule has 0 saturated carbocycles. The number of hydrogen-bond acceptors (Lipinski definition) is 8. The van der Waals surface area contributed by atoms with Crippen molar-refractivity contribution in [1.82, 2.24) is 9.80 Å². The summed E-state index contributed by atoms with van der Waals surface area (Å²) in [6.45, 7) is 5.19. The van der Waals surface area contributed by atoms with Crippen LogP contribution in [0.4, 0.5) is 5.69 Å². The molecule has 2 aromatic carbocycles. The topological polar surface area (TPSA) is 102 Å². The van der Waals surface area contributed by atoms with Gasteiger partial charge in [-0.15, -0.1) is 0 Å². The minimum absolute atomic E-state index is 0.00600. The zero-order valence-electron chi connectivity index (χ0n) is 18.6. The van der Waals surface area contributed by atoms with Crippen LogP contribution in [0.25, 0.3) is 0 Å². The summed E-state index contributed by atoms with van der Waals surface area (Å²) in [5.74, 6) is -0.198. The largest absolute Gasteiger partial charge is 0.497 e. The quantitative estimate of drug-likeness (QED) is 0.453. The van der Waals surface area contributed by atoms with Crippen molar-refractivity contribution >= 4 is 37.4 Å². The molecule has 2 N–H and O–H groups in total. The highest BCUT2D eigenvalue weighted by atomic mass is 79.9. The summed E-state index contributed by atoms with van der Waals surface area (Å²) in [6, 6.07) is 6.06. The van der Waals surface area contributed by atoms with Crippen LogP contribution in [0.5, 0.6) is 5.75 Å². The van der Waals surface area contributed by atoms with Crippen LogP contribution < -0.4 is 10.5 Å². The number of halogens is 1. The molecule has 174 valence electrons. The highest BCUT2D eigenvalue weighted by Crippen LogP contribution is 2.40.